The zero-order valence-corrected chi connectivity index (χ0v) is 14.5. The molecule has 5 nitrogen and oxygen atoms in total. The van der Waals surface area contributed by atoms with Crippen LogP contribution in [0.3, 0.4) is 0 Å². The third kappa shape index (κ3) is 4.01. The maximum Gasteiger partial charge on any atom is 0.417 e. The molecule has 1 aromatic heterocycles. The Morgan fingerprint density at radius 3 is 2.32 bits per heavy atom. The van der Waals surface area contributed by atoms with Crippen molar-refractivity contribution in [3.63, 3.8) is 0 Å². The molecule has 0 amide bonds. The molecule has 8 heteroatoms. The van der Waals surface area contributed by atoms with Crippen LogP contribution in [0, 0.1) is 0 Å². The maximum atomic E-state index is 13.8. The second kappa shape index (κ2) is 7.77. The first kappa shape index (κ1) is 19.5. The predicted octanol–water partition coefficient (Wildman–Crippen LogP) is 3.41. The summed E-state index contributed by atoms with van der Waals surface area (Å²) in [5.41, 5.74) is 3.98. The van der Waals surface area contributed by atoms with Crippen molar-refractivity contribution in [3.8, 4) is 0 Å². The smallest absolute Gasteiger partial charge is 0.348 e. The summed E-state index contributed by atoms with van der Waals surface area (Å²) in [6.07, 6.45) is -2.09. The van der Waals surface area contributed by atoms with Crippen molar-refractivity contribution >= 4 is 11.6 Å². The number of ketones is 2. The van der Waals surface area contributed by atoms with Crippen LogP contribution in [0.15, 0.2) is 61.1 Å². The molecular weight excluding hydrogens is 371 g/mol. The van der Waals surface area contributed by atoms with Crippen LogP contribution < -0.4 is 5.73 Å². The standard InChI is InChI=1S/C20H16F3N3O2/c21-20(22,23)17-14(18(27)12-5-2-1-3-6-12)7-4-8-15(17)19(28)16(24)9-13-10-25-11-26-13/h1-8,10-11,16H,9,24H2,(H,25,26)/t16-/m0/s1. The lowest BCUT2D eigenvalue weighted by Gasteiger charge is -2.18. The number of alkyl halides is 3. The first-order valence-corrected chi connectivity index (χ1v) is 8.36. The molecule has 3 aromatic rings. The van der Waals surface area contributed by atoms with Gasteiger partial charge in [0.1, 0.15) is 0 Å². The number of aromatic amines is 1. The fourth-order valence-electron chi connectivity index (χ4n) is 2.92. The molecule has 0 aliphatic carbocycles. The summed E-state index contributed by atoms with van der Waals surface area (Å²) in [6, 6.07) is 9.73. The summed E-state index contributed by atoms with van der Waals surface area (Å²) < 4.78 is 41.5. The number of carbonyl (C=O) groups excluding carboxylic acids is 2. The summed E-state index contributed by atoms with van der Waals surface area (Å²) >= 11 is 0. The van der Waals surface area contributed by atoms with Crippen molar-refractivity contribution in [2.75, 3.05) is 0 Å². The lowest BCUT2D eigenvalue weighted by Crippen LogP contribution is -2.34. The number of benzene rings is 2. The number of rotatable bonds is 6. The molecular formula is C20H16F3N3O2. The number of Topliss-reactive ketones (excluding diaryl/α,β-unsaturated/α-hetero) is 1. The molecule has 28 heavy (non-hydrogen) atoms. The van der Waals surface area contributed by atoms with Crippen molar-refractivity contribution < 1.29 is 22.8 Å². The number of imidazole rings is 1. The largest absolute Gasteiger partial charge is 0.417 e. The Hall–Kier alpha value is -3.26. The highest BCUT2D eigenvalue weighted by Crippen LogP contribution is 2.36. The maximum absolute atomic E-state index is 13.8. The van der Waals surface area contributed by atoms with Gasteiger partial charge in [0, 0.05) is 35.0 Å². The number of hydrogen-bond acceptors (Lipinski definition) is 4. The highest BCUT2D eigenvalue weighted by atomic mass is 19.4. The van der Waals surface area contributed by atoms with E-state index in [4.69, 9.17) is 5.73 Å². The molecule has 0 radical (unpaired) electrons. The minimum absolute atomic E-state index is 0.00695. The summed E-state index contributed by atoms with van der Waals surface area (Å²) in [5.74, 6) is -1.71. The van der Waals surface area contributed by atoms with Gasteiger partial charge >= 0.3 is 6.18 Å². The Morgan fingerprint density at radius 1 is 1.04 bits per heavy atom. The molecule has 3 rings (SSSR count). The number of carbonyl (C=O) groups is 2. The minimum Gasteiger partial charge on any atom is -0.348 e. The highest BCUT2D eigenvalue weighted by Gasteiger charge is 2.40. The van der Waals surface area contributed by atoms with Crippen LogP contribution in [0.25, 0.3) is 0 Å². The van der Waals surface area contributed by atoms with Crippen LogP contribution in [0.1, 0.15) is 37.5 Å². The Balaban J connectivity index is 2.04. The van der Waals surface area contributed by atoms with E-state index in [2.05, 4.69) is 9.97 Å². The van der Waals surface area contributed by atoms with Crippen molar-refractivity contribution in [2.45, 2.75) is 18.6 Å². The summed E-state index contributed by atoms with van der Waals surface area (Å²) in [7, 11) is 0. The number of nitrogens with zero attached hydrogens (tertiary/aromatic N) is 1. The van der Waals surface area contributed by atoms with Gasteiger partial charge in [-0.15, -0.1) is 0 Å². The van der Waals surface area contributed by atoms with Crippen LogP contribution in [0.2, 0.25) is 0 Å². The number of H-pyrrole nitrogens is 1. The average Bonchev–Trinajstić information content (AvgIpc) is 3.19. The quantitative estimate of drug-likeness (QED) is 0.635. The van der Waals surface area contributed by atoms with Crippen LogP contribution in [0.5, 0.6) is 0 Å². The number of nitrogens with one attached hydrogen (secondary N) is 1. The third-order valence-electron chi connectivity index (χ3n) is 4.23. The van der Waals surface area contributed by atoms with Crippen molar-refractivity contribution in [3.05, 3.63) is 89.0 Å². The Bertz CT molecular complexity index is 984. The first-order valence-electron chi connectivity index (χ1n) is 8.36. The van der Waals surface area contributed by atoms with Gasteiger partial charge in [-0.25, -0.2) is 4.98 Å². The summed E-state index contributed by atoms with van der Waals surface area (Å²) in [5, 5.41) is 0. The molecule has 0 spiro atoms. The zero-order chi connectivity index (χ0) is 20.3. The Labute approximate surface area is 158 Å². The van der Waals surface area contributed by atoms with Gasteiger partial charge in [-0.3, -0.25) is 9.59 Å². The lowest BCUT2D eigenvalue weighted by atomic mass is 9.90. The molecule has 3 N–H and O–H groups in total. The van der Waals surface area contributed by atoms with Crippen molar-refractivity contribution in [2.24, 2.45) is 5.73 Å². The zero-order valence-electron chi connectivity index (χ0n) is 14.5. The first-order chi connectivity index (χ1) is 13.3. The molecule has 0 saturated carbocycles. The second-order valence-corrected chi connectivity index (χ2v) is 6.17. The molecule has 0 fully saturated rings. The number of hydrogen-bond donors (Lipinski definition) is 2. The molecule has 2 aromatic carbocycles. The number of nitrogens with two attached hydrogens (primary N) is 1. The normalized spacial score (nSPS) is 12.6. The molecule has 0 aliphatic rings. The van der Waals surface area contributed by atoms with Gasteiger partial charge in [-0.2, -0.15) is 13.2 Å². The monoisotopic (exact) mass is 387 g/mol. The number of aromatic nitrogens is 2. The van der Waals surface area contributed by atoms with Crippen LogP contribution in [-0.4, -0.2) is 27.6 Å². The van der Waals surface area contributed by atoms with Gasteiger partial charge in [0.25, 0.3) is 0 Å². The van der Waals surface area contributed by atoms with E-state index in [0.717, 1.165) is 12.1 Å². The molecule has 0 aliphatic heterocycles. The molecule has 144 valence electrons. The molecule has 0 unspecified atom stereocenters. The van der Waals surface area contributed by atoms with E-state index in [1.807, 2.05) is 0 Å². The van der Waals surface area contributed by atoms with E-state index in [-0.39, 0.29) is 12.0 Å². The van der Waals surface area contributed by atoms with E-state index in [1.54, 1.807) is 18.2 Å². The predicted molar refractivity (Wildman–Crippen MR) is 95.9 cm³/mol. The van der Waals surface area contributed by atoms with Crippen LogP contribution in [-0.2, 0) is 12.6 Å². The third-order valence-corrected chi connectivity index (χ3v) is 4.23. The van der Waals surface area contributed by atoms with Crippen molar-refractivity contribution in [1.82, 2.24) is 9.97 Å². The van der Waals surface area contributed by atoms with Gasteiger partial charge in [-0.1, -0.05) is 48.5 Å². The van der Waals surface area contributed by atoms with E-state index >= 15 is 0 Å². The lowest BCUT2D eigenvalue weighted by molar-refractivity contribution is -0.138. The second-order valence-electron chi connectivity index (χ2n) is 6.17. The average molecular weight is 387 g/mol. The van der Waals surface area contributed by atoms with Gasteiger partial charge in [-0.05, 0) is 0 Å². The fourth-order valence-corrected chi connectivity index (χ4v) is 2.92. The summed E-state index contributed by atoms with van der Waals surface area (Å²) in [4.78, 5) is 31.9. The van der Waals surface area contributed by atoms with E-state index in [9.17, 15) is 22.8 Å². The molecule has 0 bridgehead atoms. The van der Waals surface area contributed by atoms with Crippen molar-refractivity contribution in [1.29, 1.82) is 0 Å². The number of halogens is 3. The summed E-state index contributed by atoms with van der Waals surface area (Å²) in [6.45, 7) is 0. The van der Waals surface area contributed by atoms with Gasteiger partial charge in [0.05, 0.1) is 17.9 Å². The van der Waals surface area contributed by atoms with Gasteiger partial charge in [0.2, 0.25) is 0 Å². The molecule has 0 saturated heterocycles. The Morgan fingerprint density at radius 2 is 1.71 bits per heavy atom. The molecule has 1 atom stereocenters. The highest BCUT2D eigenvalue weighted by molar-refractivity contribution is 6.12. The van der Waals surface area contributed by atoms with E-state index < -0.39 is 40.5 Å². The van der Waals surface area contributed by atoms with Gasteiger partial charge < -0.3 is 10.7 Å². The van der Waals surface area contributed by atoms with E-state index in [1.165, 1.54) is 30.7 Å². The van der Waals surface area contributed by atoms with E-state index in [0.29, 0.717) is 5.69 Å². The topological polar surface area (TPSA) is 88.8 Å². The van der Waals surface area contributed by atoms with Crippen LogP contribution >= 0.6 is 0 Å². The fraction of sp³-hybridized carbons (Fsp3) is 0.150. The SMILES string of the molecule is N[C@@H](Cc1cnc[nH]1)C(=O)c1cccc(C(=O)c2ccccc2)c1C(F)(F)F. The minimum atomic E-state index is -4.90. The Kier molecular flexibility index (Phi) is 5.41. The van der Waals surface area contributed by atoms with Gasteiger partial charge in [0.15, 0.2) is 11.6 Å². The van der Waals surface area contributed by atoms with Crippen LogP contribution in [0.4, 0.5) is 13.2 Å². The molecule has 1 heterocycles.